The highest BCUT2D eigenvalue weighted by Crippen LogP contribution is 2.34. The highest BCUT2D eigenvalue weighted by Gasteiger charge is 2.36. The third-order valence-electron chi connectivity index (χ3n) is 4.06. The van der Waals surface area contributed by atoms with E-state index in [-0.39, 0.29) is 11.6 Å². The van der Waals surface area contributed by atoms with Crippen molar-refractivity contribution in [3.05, 3.63) is 0 Å². The van der Waals surface area contributed by atoms with Gasteiger partial charge in [0.1, 0.15) is 0 Å². The van der Waals surface area contributed by atoms with Crippen LogP contribution in [-0.2, 0) is 0 Å². The molecule has 1 aliphatic rings. The fourth-order valence-electron chi connectivity index (χ4n) is 3.25. The number of rotatable bonds is 3. The monoisotopic (exact) mass is 227 g/mol. The molecular weight excluding hydrogens is 198 g/mol. The van der Waals surface area contributed by atoms with Gasteiger partial charge in [0, 0.05) is 11.6 Å². The van der Waals surface area contributed by atoms with Crippen LogP contribution < -0.4 is 0 Å². The van der Waals surface area contributed by atoms with Gasteiger partial charge in [-0.15, -0.1) is 0 Å². The van der Waals surface area contributed by atoms with Crippen LogP contribution >= 0.6 is 0 Å². The second kappa shape index (κ2) is 5.50. The van der Waals surface area contributed by atoms with Crippen LogP contribution in [0.3, 0.4) is 0 Å². The van der Waals surface area contributed by atoms with Gasteiger partial charge in [-0.2, -0.15) is 0 Å². The summed E-state index contributed by atoms with van der Waals surface area (Å²) in [5, 5.41) is 9.88. The van der Waals surface area contributed by atoms with Crippen molar-refractivity contribution in [2.45, 2.75) is 78.0 Å². The minimum atomic E-state index is -0.0794. The predicted octanol–water partition coefficient (Wildman–Crippen LogP) is 3.05. The second-order valence-electron chi connectivity index (χ2n) is 6.16. The number of hydrogen-bond donors (Lipinski definition) is 1. The summed E-state index contributed by atoms with van der Waals surface area (Å²) >= 11 is 0. The van der Waals surface area contributed by atoms with E-state index >= 15 is 0 Å². The van der Waals surface area contributed by atoms with E-state index in [1.165, 1.54) is 12.8 Å². The molecule has 1 aliphatic carbocycles. The molecule has 0 amide bonds. The predicted molar refractivity (Wildman–Crippen MR) is 69.6 cm³/mol. The Morgan fingerprint density at radius 1 is 1.19 bits per heavy atom. The van der Waals surface area contributed by atoms with Crippen molar-refractivity contribution in [2.24, 2.45) is 5.92 Å². The van der Waals surface area contributed by atoms with E-state index in [4.69, 9.17) is 0 Å². The van der Waals surface area contributed by atoms with Crippen molar-refractivity contribution >= 4 is 0 Å². The third-order valence-corrected chi connectivity index (χ3v) is 4.06. The number of hydrogen-bond acceptors (Lipinski definition) is 2. The molecule has 2 nitrogen and oxygen atoms in total. The maximum atomic E-state index is 9.88. The minimum Gasteiger partial charge on any atom is -0.393 e. The molecule has 16 heavy (non-hydrogen) atoms. The van der Waals surface area contributed by atoms with Crippen molar-refractivity contribution < 1.29 is 5.11 Å². The molecule has 1 rings (SSSR count). The molecule has 0 aromatic rings. The normalized spacial score (nSPS) is 32.1. The molecule has 0 heterocycles. The first-order chi connectivity index (χ1) is 7.40. The topological polar surface area (TPSA) is 23.5 Å². The van der Waals surface area contributed by atoms with Gasteiger partial charge < -0.3 is 5.11 Å². The quantitative estimate of drug-likeness (QED) is 0.801. The first-order valence-corrected chi connectivity index (χ1v) is 6.85. The number of aliphatic hydroxyl groups excluding tert-OH is 1. The fraction of sp³-hybridized carbons (Fsp3) is 1.00. The van der Waals surface area contributed by atoms with Gasteiger partial charge in [0.2, 0.25) is 0 Å². The van der Waals surface area contributed by atoms with Crippen LogP contribution in [0.4, 0.5) is 0 Å². The van der Waals surface area contributed by atoms with Gasteiger partial charge in [-0.05, 0) is 52.5 Å². The van der Waals surface area contributed by atoms with E-state index < -0.39 is 0 Å². The molecule has 0 radical (unpaired) electrons. The molecule has 3 atom stereocenters. The van der Waals surface area contributed by atoms with Crippen LogP contribution in [0.1, 0.15) is 60.3 Å². The molecular formula is C14H29NO. The molecule has 1 N–H and O–H groups in total. The summed E-state index contributed by atoms with van der Waals surface area (Å²) in [7, 11) is 0. The molecule has 3 unspecified atom stereocenters. The molecule has 2 heteroatoms. The zero-order valence-corrected chi connectivity index (χ0v) is 11.7. The van der Waals surface area contributed by atoms with Gasteiger partial charge in [-0.3, -0.25) is 4.90 Å². The molecule has 0 bridgehead atoms. The summed E-state index contributed by atoms with van der Waals surface area (Å²) in [6.07, 6.45) is 4.31. The lowest BCUT2D eigenvalue weighted by molar-refractivity contribution is -0.0126. The smallest absolute Gasteiger partial charge is 0.0555 e. The van der Waals surface area contributed by atoms with Gasteiger partial charge >= 0.3 is 0 Å². The molecule has 1 fully saturated rings. The average Bonchev–Trinajstić information content (AvgIpc) is 2.17. The number of nitrogens with zero attached hydrogens (tertiary/aromatic N) is 1. The summed E-state index contributed by atoms with van der Waals surface area (Å²) in [5.74, 6) is 0.766. The lowest BCUT2D eigenvalue weighted by Gasteiger charge is -2.47. The number of aliphatic hydroxyl groups is 1. The Morgan fingerprint density at radius 2 is 1.81 bits per heavy atom. The molecule has 0 saturated heterocycles. The molecule has 0 spiro atoms. The summed E-state index contributed by atoms with van der Waals surface area (Å²) in [4.78, 5) is 2.57. The van der Waals surface area contributed by atoms with Crippen molar-refractivity contribution in [1.82, 2.24) is 4.90 Å². The van der Waals surface area contributed by atoms with E-state index in [0.29, 0.717) is 6.04 Å². The van der Waals surface area contributed by atoms with Gasteiger partial charge in [0.15, 0.2) is 0 Å². The standard InChI is InChI=1S/C14H29NO/c1-6-11-8-9-12(16)10-13(11)15(7-2)14(3,4)5/h11-13,16H,6-10H2,1-5H3. The van der Waals surface area contributed by atoms with E-state index in [1.807, 2.05) is 0 Å². The van der Waals surface area contributed by atoms with E-state index in [9.17, 15) is 5.11 Å². The van der Waals surface area contributed by atoms with Crippen LogP contribution in [0.15, 0.2) is 0 Å². The molecule has 0 aromatic carbocycles. The van der Waals surface area contributed by atoms with Crippen LogP contribution in [0.5, 0.6) is 0 Å². The van der Waals surface area contributed by atoms with Crippen LogP contribution in [0, 0.1) is 5.92 Å². The van der Waals surface area contributed by atoms with E-state index in [2.05, 4.69) is 39.5 Å². The van der Waals surface area contributed by atoms with Crippen molar-refractivity contribution in [1.29, 1.82) is 0 Å². The summed E-state index contributed by atoms with van der Waals surface area (Å²) in [6.45, 7) is 12.4. The second-order valence-corrected chi connectivity index (χ2v) is 6.16. The van der Waals surface area contributed by atoms with Crippen LogP contribution in [0.2, 0.25) is 0 Å². The van der Waals surface area contributed by atoms with Gasteiger partial charge in [0.25, 0.3) is 0 Å². The summed E-state index contributed by atoms with van der Waals surface area (Å²) in [6, 6.07) is 0.568. The SMILES string of the molecule is CCC1CCC(O)CC1N(CC)C(C)(C)C. The summed E-state index contributed by atoms with van der Waals surface area (Å²) in [5.41, 5.74) is 0.212. The van der Waals surface area contributed by atoms with Crippen LogP contribution in [0.25, 0.3) is 0 Å². The minimum absolute atomic E-state index is 0.0794. The molecule has 0 aromatic heterocycles. The maximum absolute atomic E-state index is 9.88. The zero-order valence-electron chi connectivity index (χ0n) is 11.7. The molecule has 1 saturated carbocycles. The Labute approximate surface area is 101 Å². The van der Waals surface area contributed by atoms with Crippen LogP contribution in [-0.4, -0.2) is 34.2 Å². The van der Waals surface area contributed by atoms with Gasteiger partial charge in [0.05, 0.1) is 6.10 Å². The van der Waals surface area contributed by atoms with Crippen molar-refractivity contribution in [3.8, 4) is 0 Å². The van der Waals surface area contributed by atoms with E-state index in [0.717, 1.165) is 25.3 Å². The Morgan fingerprint density at radius 3 is 2.25 bits per heavy atom. The first-order valence-electron chi connectivity index (χ1n) is 6.85. The highest BCUT2D eigenvalue weighted by atomic mass is 16.3. The Hall–Kier alpha value is -0.0800. The molecule has 0 aliphatic heterocycles. The zero-order chi connectivity index (χ0) is 12.3. The first kappa shape index (κ1) is 14.0. The third kappa shape index (κ3) is 3.21. The van der Waals surface area contributed by atoms with Crippen molar-refractivity contribution in [3.63, 3.8) is 0 Å². The van der Waals surface area contributed by atoms with Crippen molar-refractivity contribution in [2.75, 3.05) is 6.54 Å². The van der Waals surface area contributed by atoms with E-state index in [1.54, 1.807) is 0 Å². The maximum Gasteiger partial charge on any atom is 0.0555 e. The van der Waals surface area contributed by atoms with Gasteiger partial charge in [-0.1, -0.05) is 20.3 Å². The molecule has 96 valence electrons. The average molecular weight is 227 g/mol. The Balaban J connectivity index is 2.79. The largest absolute Gasteiger partial charge is 0.393 e. The fourth-order valence-corrected chi connectivity index (χ4v) is 3.25. The van der Waals surface area contributed by atoms with Gasteiger partial charge in [-0.25, -0.2) is 0 Å². The highest BCUT2D eigenvalue weighted by molar-refractivity contribution is 4.90. The summed E-state index contributed by atoms with van der Waals surface area (Å²) < 4.78 is 0. The lowest BCUT2D eigenvalue weighted by atomic mass is 9.79. The Kier molecular flexibility index (Phi) is 4.81. The Bertz CT molecular complexity index is 209. The lowest BCUT2D eigenvalue weighted by Crippen LogP contribution is -2.53.